The maximum atomic E-state index is 12.6. The van der Waals surface area contributed by atoms with Crippen molar-refractivity contribution in [3.63, 3.8) is 0 Å². The van der Waals surface area contributed by atoms with E-state index < -0.39 is 0 Å². The molecule has 0 atom stereocenters. The van der Waals surface area contributed by atoms with Crippen LogP contribution in [0, 0.1) is 6.92 Å². The zero-order valence-electron chi connectivity index (χ0n) is 17.2. The van der Waals surface area contributed by atoms with Crippen molar-refractivity contribution in [2.75, 3.05) is 12.4 Å². The summed E-state index contributed by atoms with van der Waals surface area (Å²) in [4.78, 5) is 17.4. The largest absolute Gasteiger partial charge is 0.497 e. The highest BCUT2D eigenvalue weighted by atomic mass is 16.5. The van der Waals surface area contributed by atoms with Crippen LogP contribution in [0.25, 0.3) is 22.2 Å². The lowest BCUT2D eigenvalue weighted by atomic mass is 10.1. The predicted molar refractivity (Wildman–Crippen MR) is 122 cm³/mol. The minimum atomic E-state index is -0.0188. The number of nitrogens with zero attached hydrogens (tertiary/aromatic N) is 1. The van der Waals surface area contributed by atoms with E-state index in [1.807, 2.05) is 60.7 Å². The molecular weight excluding hydrogens is 372 g/mol. The third-order valence-electron chi connectivity index (χ3n) is 5.12. The maximum Gasteiger partial charge on any atom is 0.224 e. The minimum absolute atomic E-state index is 0.0188. The molecule has 0 aliphatic carbocycles. The molecule has 150 valence electrons. The Morgan fingerprint density at radius 1 is 0.967 bits per heavy atom. The number of carbonyl (C=O) groups is 1. The van der Waals surface area contributed by atoms with Crippen LogP contribution in [0.3, 0.4) is 0 Å². The molecule has 0 saturated heterocycles. The first kappa shape index (κ1) is 19.6. The number of para-hydroxylation sites is 1. The van der Waals surface area contributed by atoms with Crippen molar-refractivity contribution >= 4 is 22.5 Å². The van der Waals surface area contributed by atoms with Gasteiger partial charge in [0.05, 0.1) is 24.0 Å². The number of nitrogens with one attached hydrogen (secondary N) is 1. The summed E-state index contributed by atoms with van der Waals surface area (Å²) >= 11 is 0. The Balaban J connectivity index is 1.50. The normalized spacial score (nSPS) is 10.7. The van der Waals surface area contributed by atoms with Crippen molar-refractivity contribution in [3.05, 3.63) is 90.0 Å². The number of rotatable bonds is 6. The van der Waals surface area contributed by atoms with Crippen LogP contribution in [0.2, 0.25) is 0 Å². The van der Waals surface area contributed by atoms with Crippen LogP contribution in [0.1, 0.15) is 17.5 Å². The number of aromatic nitrogens is 1. The number of methoxy groups -OCH3 is 1. The third-order valence-corrected chi connectivity index (χ3v) is 5.12. The molecule has 3 aromatic carbocycles. The van der Waals surface area contributed by atoms with Crippen LogP contribution in [0.4, 0.5) is 5.69 Å². The molecule has 0 aliphatic heterocycles. The summed E-state index contributed by atoms with van der Waals surface area (Å²) in [5, 5.41) is 4.17. The van der Waals surface area contributed by atoms with E-state index in [1.165, 1.54) is 5.56 Å². The van der Waals surface area contributed by atoms with E-state index in [4.69, 9.17) is 9.72 Å². The van der Waals surface area contributed by atoms with Crippen LogP contribution in [0.15, 0.2) is 78.9 Å². The second kappa shape index (κ2) is 8.78. The average molecular weight is 396 g/mol. The van der Waals surface area contributed by atoms with Gasteiger partial charge in [-0.3, -0.25) is 4.79 Å². The van der Waals surface area contributed by atoms with E-state index in [-0.39, 0.29) is 5.91 Å². The lowest BCUT2D eigenvalue weighted by molar-refractivity contribution is -0.116. The molecule has 0 bridgehead atoms. The van der Waals surface area contributed by atoms with Crippen LogP contribution in [-0.2, 0) is 11.2 Å². The number of hydrogen-bond acceptors (Lipinski definition) is 3. The van der Waals surface area contributed by atoms with Gasteiger partial charge in [-0.25, -0.2) is 4.98 Å². The Kier molecular flexibility index (Phi) is 5.75. The van der Waals surface area contributed by atoms with Crippen molar-refractivity contribution in [1.29, 1.82) is 0 Å². The lowest BCUT2D eigenvalue weighted by Gasteiger charge is -2.12. The molecule has 0 saturated carbocycles. The summed E-state index contributed by atoms with van der Waals surface area (Å²) in [5.41, 5.74) is 5.79. The molecule has 0 fully saturated rings. The van der Waals surface area contributed by atoms with Gasteiger partial charge in [0, 0.05) is 17.4 Å². The van der Waals surface area contributed by atoms with Gasteiger partial charge in [0.15, 0.2) is 0 Å². The molecule has 1 N–H and O–H groups in total. The molecule has 1 aromatic heterocycles. The Labute approximate surface area is 176 Å². The van der Waals surface area contributed by atoms with Crippen molar-refractivity contribution in [2.24, 2.45) is 0 Å². The number of hydrogen-bond donors (Lipinski definition) is 1. The molecular formula is C26H24N2O2. The number of benzene rings is 3. The van der Waals surface area contributed by atoms with Crippen LogP contribution in [0.5, 0.6) is 5.75 Å². The van der Waals surface area contributed by atoms with Gasteiger partial charge in [-0.1, -0.05) is 48.0 Å². The fraction of sp³-hybridized carbons (Fsp3) is 0.154. The van der Waals surface area contributed by atoms with Crippen LogP contribution >= 0.6 is 0 Å². The average Bonchev–Trinajstić information content (AvgIpc) is 2.78. The quantitative estimate of drug-likeness (QED) is 0.449. The number of pyridine rings is 1. The highest BCUT2D eigenvalue weighted by Gasteiger charge is 2.10. The number of anilines is 1. The number of carbonyl (C=O) groups excluding carboxylic acids is 1. The Hall–Kier alpha value is -3.66. The fourth-order valence-electron chi connectivity index (χ4n) is 3.47. The molecule has 0 unspecified atom stereocenters. The third kappa shape index (κ3) is 4.49. The second-order valence-electron chi connectivity index (χ2n) is 7.33. The maximum absolute atomic E-state index is 12.6. The summed E-state index contributed by atoms with van der Waals surface area (Å²) in [7, 11) is 1.64. The fourth-order valence-corrected chi connectivity index (χ4v) is 3.47. The first-order valence-corrected chi connectivity index (χ1v) is 10.0. The number of amides is 1. The SMILES string of the molecule is COc1ccc(CCC(=O)Nc2ccccc2-c2ccc3cc(C)ccc3n2)cc1. The zero-order valence-corrected chi connectivity index (χ0v) is 17.2. The monoisotopic (exact) mass is 396 g/mol. The van der Waals surface area contributed by atoms with Gasteiger partial charge >= 0.3 is 0 Å². The van der Waals surface area contributed by atoms with E-state index in [2.05, 4.69) is 30.4 Å². The van der Waals surface area contributed by atoms with Gasteiger partial charge in [0.2, 0.25) is 5.91 Å². The summed E-state index contributed by atoms with van der Waals surface area (Å²) < 4.78 is 5.18. The van der Waals surface area contributed by atoms with Crippen LogP contribution < -0.4 is 10.1 Å². The molecule has 30 heavy (non-hydrogen) atoms. The highest BCUT2D eigenvalue weighted by molar-refractivity contribution is 5.95. The van der Waals surface area contributed by atoms with E-state index in [0.29, 0.717) is 12.8 Å². The summed E-state index contributed by atoms with van der Waals surface area (Å²) in [6.07, 6.45) is 1.08. The molecule has 1 amide bonds. The summed E-state index contributed by atoms with van der Waals surface area (Å²) in [5.74, 6) is 0.796. The van der Waals surface area contributed by atoms with Crippen molar-refractivity contribution in [2.45, 2.75) is 19.8 Å². The molecule has 0 radical (unpaired) electrons. The van der Waals surface area contributed by atoms with Crippen molar-refractivity contribution in [3.8, 4) is 17.0 Å². The lowest BCUT2D eigenvalue weighted by Crippen LogP contribution is -2.13. The topological polar surface area (TPSA) is 51.2 Å². The standard InChI is InChI=1S/C26H24N2O2/c1-18-7-14-23-20(17-18)11-15-25(27-23)22-5-3-4-6-24(22)28-26(29)16-10-19-8-12-21(30-2)13-9-19/h3-9,11-15,17H,10,16H2,1-2H3,(H,28,29). The molecule has 4 nitrogen and oxygen atoms in total. The number of fused-ring (bicyclic) bond motifs is 1. The summed E-state index contributed by atoms with van der Waals surface area (Å²) in [6, 6.07) is 25.9. The predicted octanol–water partition coefficient (Wildman–Crippen LogP) is 5.79. The van der Waals surface area contributed by atoms with E-state index in [1.54, 1.807) is 7.11 Å². The molecule has 4 aromatic rings. The first-order chi connectivity index (χ1) is 14.6. The van der Waals surface area contributed by atoms with Crippen LogP contribution in [-0.4, -0.2) is 18.0 Å². The second-order valence-corrected chi connectivity index (χ2v) is 7.33. The van der Waals surface area contributed by atoms with Gasteiger partial charge in [-0.2, -0.15) is 0 Å². The van der Waals surface area contributed by atoms with Gasteiger partial charge in [0.25, 0.3) is 0 Å². The van der Waals surface area contributed by atoms with Crippen molar-refractivity contribution in [1.82, 2.24) is 4.98 Å². The van der Waals surface area contributed by atoms with Crippen molar-refractivity contribution < 1.29 is 9.53 Å². The molecule has 1 heterocycles. The highest BCUT2D eigenvalue weighted by Crippen LogP contribution is 2.28. The van der Waals surface area contributed by atoms with E-state index in [9.17, 15) is 4.79 Å². The van der Waals surface area contributed by atoms with Gasteiger partial charge in [0.1, 0.15) is 5.75 Å². The molecule has 4 rings (SSSR count). The van der Waals surface area contributed by atoms with Gasteiger partial charge in [-0.15, -0.1) is 0 Å². The zero-order chi connectivity index (χ0) is 20.9. The summed E-state index contributed by atoms with van der Waals surface area (Å²) in [6.45, 7) is 2.07. The Morgan fingerprint density at radius 2 is 1.77 bits per heavy atom. The smallest absolute Gasteiger partial charge is 0.224 e. The van der Waals surface area contributed by atoms with Gasteiger partial charge < -0.3 is 10.1 Å². The Morgan fingerprint density at radius 3 is 2.57 bits per heavy atom. The molecule has 4 heteroatoms. The number of aryl methyl sites for hydroxylation is 2. The van der Waals surface area contributed by atoms with Gasteiger partial charge in [-0.05, 0) is 55.3 Å². The minimum Gasteiger partial charge on any atom is -0.497 e. The van der Waals surface area contributed by atoms with E-state index >= 15 is 0 Å². The molecule has 0 aliphatic rings. The first-order valence-electron chi connectivity index (χ1n) is 10.0. The number of ether oxygens (including phenoxy) is 1. The Bertz CT molecular complexity index is 1180. The van der Waals surface area contributed by atoms with E-state index in [0.717, 1.165) is 39.2 Å². The molecule has 0 spiro atoms.